The van der Waals surface area contributed by atoms with E-state index in [-0.39, 0.29) is 6.04 Å². The van der Waals surface area contributed by atoms with Crippen LogP contribution >= 0.6 is 0 Å². The summed E-state index contributed by atoms with van der Waals surface area (Å²) in [6.07, 6.45) is 5.45. The molecule has 2 aliphatic rings. The molecule has 19 heavy (non-hydrogen) atoms. The summed E-state index contributed by atoms with van der Waals surface area (Å²) in [5.41, 5.74) is 2.97. The Morgan fingerprint density at radius 3 is 2.47 bits per heavy atom. The van der Waals surface area contributed by atoms with Gasteiger partial charge >= 0.3 is 0 Å². The van der Waals surface area contributed by atoms with E-state index in [1.54, 1.807) is 0 Å². The van der Waals surface area contributed by atoms with Gasteiger partial charge in [-0.05, 0) is 49.4 Å². The number of sulfone groups is 1. The summed E-state index contributed by atoms with van der Waals surface area (Å²) in [5.74, 6) is 8.94. The Bertz CT molecular complexity index is 396. The predicted molar refractivity (Wildman–Crippen MR) is 78.2 cm³/mol. The molecule has 1 saturated heterocycles. The normalized spacial score (nSPS) is 40.2. The van der Waals surface area contributed by atoms with Crippen molar-refractivity contribution in [1.29, 1.82) is 0 Å². The fourth-order valence-corrected chi connectivity index (χ4v) is 5.65. The molecular formula is C14H28N2O2S. The standard InChI is InChI=1S/C14H28N2O2S/c1-10-3-4-13(7-11(10)2)14(16-15)8-12-5-6-19(17,18)9-12/h10-14,16H,3-9,15H2,1-2H3. The molecule has 0 aromatic rings. The molecule has 0 spiro atoms. The molecule has 2 fully saturated rings. The lowest BCUT2D eigenvalue weighted by atomic mass is 9.72. The van der Waals surface area contributed by atoms with Gasteiger partial charge in [0.15, 0.2) is 9.84 Å². The van der Waals surface area contributed by atoms with Crippen molar-refractivity contribution in [3.05, 3.63) is 0 Å². The smallest absolute Gasteiger partial charge is 0.150 e. The Kier molecular flexibility index (Phi) is 4.90. The first-order valence-corrected chi connectivity index (χ1v) is 9.40. The summed E-state index contributed by atoms with van der Waals surface area (Å²) < 4.78 is 23.1. The third-order valence-corrected chi connectivity index (χ3v) is 7.17. The van der Waals surface area contributed by atoms with E-state index in [2.05, 4.69) is 19.3 Å². The molecular weight excluding hydrogens is 260 g/mol. The Morgan fingerprint density at radius 2 is 1.95 bits per heavy atom. The molecule has 5 heteroatoms. The van der Waals surface area contributed by atoms with Crippen LogP contribution in [0, 0.1) is 23.7 Å². The first-order chi connectivity index (χ1) is 8.91. The predicted octanol–water partition coefficient (Wildman–Crippen LogP) is 1.72. The molecule has 1 aliphatic heterocycles. The van der Waals surface area contributed by atoms with E-state index in [0.717, 1.165) is 24.7 Å². The lowest BCUT2D eigenvalue weighted by Crippen LogP contribution is -2.44. The van der Waals surface area contributed by atoms with Crippen LogP contribution < -0.4 is 11.3 Å². The average Bonchev–Trinajstić information content (AvgIpc) is 2.69. The maximum atomic E-state index is 11.5. The molecule has 0 aromatic carbocycles. The molecule has 5 unspecified atom stereocenters. The zero-order valence-electron chi connectivity index (χ0n) is 12.1. The van der Waals surface area contributed by atoms with E-state index in [0.29, 0.717) is 23.3 Å². The van der Waals surface area contributed by atoms with Gasteiger partial charge < -0.3 is 0 Å². The van der Waals surface area contributed by atoms with Crippen LogP contribution in [-0.2, 0) is 9.84 Å². The number of rotatable bonds is 4. The Morgan fingerprint density at radius 1 is 1.21 bits per heavy atom. The third kappa shape index (κ3) is 3.92. The highest BCUT2D eigenvalue weighted by Crippen LogP contribution is 2.37. The summed E-state index contributed by atoms with van der Waals surface area (Å²) in [7, 11) is -2.77. The largest absolute Gasteiger partial charge is 0.271 e. The van der Waals surface area contributed by atoms with E-state index < -0.39 is 9.84 Å². The molecule has 112 valence electrons. The minimum Gasteiger partial charge on any atom is -0.271 e. The van der Waals surface area contributed by atoms with Crippen molar-refractivity contribution in [1.82, 2.24) is 5.43 Å². The summed E-state index contributed by atoms with van der Waals surface area (Å²) >= 11 is 0. The van der Waals surface area contributed by atoms with Gasteiger partial charge in [-0.15, -0.1) is 0 Å². The molecule has 0 radical (unpaired) electrons. The molecule has 5 atom stereocenters. The summed E-state index contributed by atoms with van der Waals surface area (Å²) in [6, 6.07) is 0.285. The van der Waals surface area contributed by atoms with Crippen LogP contribution in [0.4, 0.5) is 0 Å². The highest BCUT2D eigenvalue weighted by molar-refractivity contribution is 7.91. The molecule has 1 saturated carbocycles. The van der Waals surface area contributed by atoms with Crippen LogP contribution in [0.1, 0.15) is 46.0 Å². The van der Waals surface area contributed by atoms with Crippen LogP contribution in [0.2, 0.25) is 0 Å². The van der Waals surface area contributed by atoms with Crippen LogP contribution in [-0.4, -0.2) is 26.0 Å². The second-order valence-corrected chi connectivity index (χ2v) is 9.03. The second-order valence-electron chi connectivity index (χ2n) is 6.81. The van der Waals surface area contributed by atoms with Crippen LogP contribution in [0.3, 0.4) is 0 Å². The van der Waals surface area contributed by atoms with Crippen molar-refractivity contribution in [3.8, 4) is 0 Å². The molecule has 0 amide bonds. The lowest BCUT2D eigenvalue weighted by Gasteiger charge is -2.37. The maximum Gasteiger partial charge on any atom is 0.150 e. The second kappa shape index (κ2) is 6.10. The number of hydrogen-bond acceptors (Lipinski definition) is 4. The fraction of sp³-hybridized carbons (Fsp3) is 1.00. The fourth-order valence-electron chi connectivity index (χ4n) is 3.77. The first kappa shape index (κ1) is 15.3. The SMILES string of the molecule is CC1CCC(C(CC2CCS(=O)(=O)C2)NN)CC1C. The van der Waals surface area contributed by atoms with Crippen molar-refractivity contribution in [2.75, 3.05) is 11.5 Å². The van der Waals surface area contributed by atoms with E-state index in [1.165, 1.54) is 19.3 Å². The quantitative estimate of drug-likeness (QED) is 0.610. The highest BCUT2D eigenvalue weighted by Gasteiger charge is 2.34. The van der Waals surface area contributed by atoms with Crippen molar-refractivity contribution in [3.63, 3.8) is 0 Å². The minimum absolute atomic E-state index is 0.285. The monoisotopic (exact) mass is 288 g/mol. The topological polar surface area (TPSA) is 72.2 Å². The van der Waals surface area contributed by atoms with Crippen molar-refractivity contribution in [2.24, 2.45) is 29.5 Å². The molecule has 3 N–H and O–H groups in total. The van der Waals surface area contributed by atoms with Gasteiger partial charge in [0.05, 0.1) is 11.5 Å². The van der Waals surface area contributed by atoms with E-state index in [1.807, 2.05) is 0 Å². The van der Waals surface area contributed by atoms with Crippen molar-refractivity contribution < 1.29 is 8.42 Å². The van der Waals surface area contributed by atoms with Crippen LogP contribution in [0.5, 0.6) is 0 Å². The molecule has 4 nitrogen and oxygen atoms in total. The van der Waals surface area contributed by atoms with Gasteiger partial charge in [0, 0.05) is 6.04 Å². The van der Waals surface area contributed by atoms with Gasteiger partial charge in [0.2, 0.25) is 0 Å². The van der Waals surface area contributed by atoms with Gasteiger partial charge in [-0.2, -0.15) is 0 Å². The van der Waals surface area contributed by atoms with Gasteiger partial charge in [0.25, 0.3) is 0 Å². The number of nitrogens with two attached hydrogens (primary N) is 1. The van der Waals surface area contributed by atoms with E-state index >= 15 is 0 Å². The minimum atomic E-state index is -2.77. The third-order valence-electron chi connectivity index (χ3n) is 5.34. The zero-order chi connectivity index (χ0) is 14.0. The maximum absolute atomic E-state index is 11.5. The lowest BCUT2D eigenvalue weighted by molar-refractivity contribution is 0.159. The van der Waals surface area contributed by atoms with Gasteiger partial charge in [-0.3, -0.25) is 11.3 Å². The van der Waals surface area contributed by atoms with Gasteiger partial charge in [-0.25, -0.2) is 8.42 Å². The van der Waals surface area contributed by atoms with E-state index in [9.17, 15) is 8.42 Å². The molecule has 2 rings (SSSR count). The Hall–Kier alpha value is -0.130. The molecule has 0 bridgehead atoms. The summed E-state index contributed by atoms with van der Waals surface area (Å²) in [6.45, 7) is 4.65. The van der Waals surface area contributed by atoms with Crippen LogP contribution in [0.15, 0.2) is 0 Å². The number of hydrazine groups is 1. The first-order valence-electron chi connectivity index (χ1n) is 7.58. The highest BCUT2D eigenvalue weighted by atomic mass is 32.2. The van der Waals surface area contributed by atoms with E-state index in [4.69, 9.17) is 5.84 Å². The zero-order valence-corrected chi connectivity index (χ0v) is 13.0. The van der Waals surface area contributed by atoms with Crippen LogP contribution in [0.25, 0.3) is 0 Å². The molecule has 0 aromatic heterocycles. The summed E-state index contributed by atoms with van der Waals surface area (Å²) in [4.78, 5) is 0. The average molecular weight is 288 g/mol. The van der Waals surface area contributed by atoms with Crippen molar-refractivity contribution >= 4 is 9.84 Å². The number of hydrogen-bond donors (Lipinski definition) is 2. The molecule has 1 heterocycles. The Balaban J connectivity index is 1.90. The molecule has 1 aliphatic carbocycles. The van der Waals surface area contributed by atoms with Gasteiger partial charge in [-0.1, -0.05) is 20.3 Å². The van der Waals surface area contributed by atoms with Crippen molar-refractivity contribution in [2.45, 2.75) is 52.0 Å². The number of nitrogens with one attached hydrogen (secondary N) is 1. The van der Waals surface area contributed by atoms with Gasteiger partial charge in [0.1, 0.15) is 0 Å². The summed E-state index contributed by atoms with van der Waals surface area (Å²) in [5, 5.41) is 0. The Labute approximate surface area is 117 Å².